The minimum Gasteiger partial charge on any atom is -0.377 e. The summed E-state index contributed by atoms with van der Waals surface area (Å²) in [6.45, 7) is 0.909. The number of carbonyl (C=O) groups excluding carboxylic acids is 1. The average molecular weight is 337 g/mol. The Hall–Kier alpha value is -2.33. The first-order valence-corrected chi connectivity index (χ1v) is 8.76. The molecule has 1 atom stereocenters. The molecule has 0 radical (unpaired) electrons. The van der Waals surface area contributed by atoms with Gasteiger partial charge >= 0.3 is 0 Å². The molecule has 122 valence electrons. The van der Waals surface area contributed by atoms with Crippen LogP contribution in [0.3, 0.4) is 0 Å². The number of hydrogen-bond donors (Lipinski definition) is 1. The molecular weight excluding hydrogens is 322 g/mol. The maximum Gasteiger partial charge on any atom is 0.256 e. The van der Waals surface area contributed by atoms with Crippen molar-refractivity contribution in [2.45, 2.75) is 10.9 Å². The first-order valence-electron chi connectivity index (χ1n) is 6.87. The van der Waals surface area contributed by atoms with Gasteiger partial charge in [0.25, 0.3) is 5.91 Å². The smallest absolute Gasteiger partial charge is 0.256 e. The molecule has 2 aromatic rings. The molecule has 0 saturated carbocycles. The Morgan fingerprint density at radius 2 is 2.22 bits per heavy atom. The van der Waals surface area contributed by atoms with Crippen molar-refractivity contribution in [3.05, 3.63) is 35.9 Å². The van der Waals surface area contributed by atoms with E-state index in [1.54, 1.807) is 11.0 Å². The van der Waals surface area contributed by atoms with Gasteiger partial charge < -0.3 is 9.64 Å². The minimum absolute atomic E-state index is 0.0682. The number of morpholine rings is 1. The summed E-state index contributed by atoms with van der Waals surface area (Å²) in [5.74, 6) is -0.262. The fraction of sp³-hybridized carbons (Fsp3) is 0.385. The summed E-state index contributed by atoms with van der Waals surface area (Å²) in [4.78, 5) is 14.3. The molecule has 1 saturated heterocycles. The van der Waals surface area contributed by atoms with Crippen LogP contribution < -0.4 is 0 Å². The van der Waals surface area contributed by atoms with Crippen molar-refractivity contribution in [3.8, 4) is 0 Å². The van der Waals surface area contributed by atoms with E-state index in [0.717, 1.165) is 6.26 Å². The van der Waals surface area contributed by atoms with Crippen molar-refractivity contribution in [1.82, 2.24) is 25.3 Å². The van der Waals surface area contributed by atoms with Crippen LogP contribution in [0.1, 0.15) is 22.1 Å². The van der Waals surface area contributed by atoms with E-state index in [2.05, 4.69) is 20.4 Å². The molecule has 1 N–H and O–H groups in total. The molecule has 1 aliphatic heterocycles. The molecule has 1 fully saturated rings. The summed E-state index contributed by atoms with van der Waals surface area (Å²) in [7, 11) is -3.46. The van der Waals surface area contributed by atoms with Gasteiger partial charge in [0, 0.05) is 12.8 Å². The number of aromatic amines is 1. The number of amides is 1. The van der Waals surface area contributed by atoms with Crippen molar-refractivity contribution in [1.29, 1.82) is 0 Å². The van der Waals surface area contributed by atoms with Gasteiger partial charge in [0.15, 0.2) is 9.84 Å². The van der Waals surface area contributed by atoms with Gasteiger partial charge in [0.2, 0.25) is 0 Å². The van der Waals surface area contributed by atoms with Crippen LogP contribution in [-0.2, 0) is 14.6 Å². The molecule has 0 spiro atoms. The van der Waals surface area contributed by atoms with Crippen LogP contribution in [0.4, 0.5) is 0 Å². The second kappa shape index (κ2) is 6.05. The molecule has 9 nitrogen and oxygen atoms in total. The number of sulfone groups is 1. The lowest BCUT2D eigenvalue weighted by atomic mass is 10.1. The van der Waals surface area contributed by atoms with Crippen LogP contribution in [0.25, 0.3) is 0 Å². The Labute approximate surface area is 132 Å². The average Bonchev–Trinajstić information content (AvgIpc) is 3.05. The lowest BCUT2D eigenvalue weighted by Gasteiger charge is -2.35. The minimum atomic E-state index is -3.46. The highest BCUT2D eigenvalue weighted by Crippen LogP contribution is 2.28. The maximum atomic E-state index is 12.7. The number of aromatic nitrogens is 4. The molecule has 3 rings (SSSR count). The molecule has 3 heterocycles. The highest BCUT2D eigenvalue weighted by atomic mass is 32.2. The summed E-state index contributed by atoms with van der Waals surface area (Å²) in [5, 5.41) is 13.8. The van der Waals surface area contributed by atoms with E-state index in [4.69, 9.17) is 4.74 Å². The topological polar surface area (TPSA) is 118 Å². The number of rotatable bonds is 3. The molecule has 1 aliphatic rings. The van der Waals surface area contributed by atoms with Crippen molar-refractivity contribution in [2.24, 2.45) is 0 Å². The molecular formula is C13H15N5O4S. The van der Waals surface area contributed by atoms with Crippen molar-refractivity contribution in [2.75, 3.05) is 26.0 Å². The SMILES string of the molecule is CS(=O)(=O)c1cn[nH]c1C1COCCN1C(=O)c1ccnnc1. The van der Waals surface area contributed by atoms with E-state index in [9.17, 15) is 13.2 Å². The summed E-state index contributed by atoms with van der Waals surface area (Å²) >= 11 is 0. The van der Waals surface area contributed by atoms with Crippen molar-refractivity contribution < 1.29 is 17.9 Å². The van der Waals surface area contributed by atoms with Crippen LogP contribution >= 0.6 is 0 Å². The maximum absolute atomic E-state index is 12.7. The molecule has 1 unspecified atom stereocenters. The first-order chi connectivity index (χ1) is 11.0. The van der Waals surface area contributed by atoms with Crippen LogP contribution in [0.2, 0.25) is 0 Å². The summed E-state index contributed by atoms with van der Waals surface area (Å²) in [5.41, 5.74) is 0.731. The summed E-state index contributed by atoms with van der Waals surface area (Å²) < 4.78 is 29.2. The fourth-order valence-corrected chi connectivity index (χ4v) is 3.31. The molecule has 10 heteroatoms. The Kier molecular flexibility index (Phi) is 4.09. The monoisotopic (exact) mass is 337 g/mol. The van der Waals surface area contributed by atoms with Crippen LogP contribution in [-0.4, -0.2) is 65.6 Å². The zero-order valence-corrected chi connectivity index (χ0v) is 13.2. The predicted molar refractivity (Wildman–Crippen MR) is 78.3 cm³/mol. The third-order valence-corrected chi connectivity index (χ3v) is 4.71. The third kappa shape index (κ3) is 3.08. The molecule has 0 bridgehead atoms. The molecule has 23 heavy (non-hydrogen) atoms. The quantitative estimate of drug-likeness (QED) is 0.825. The van der Waals surface area contributed by atoms with Crippen molar-refractivity contribution in [3.63, 3.8) is 0 Å². The van der Waals surface area contributed by atoms with Gasteiger partial charge in [0.05, 0.1) is 49.1 Å². The van der Waals surface area contributed by atoms with Crippen LogP contribution in [0.15, 0.2) is 29.6 Å². The molecule has 0 aliphatic carbocycles. The third-order valence-electron chi connectivity index (χ3n) is 3.59. The normalized spacial score (nSPS) is 18.8. The highest BCUT2D eigenvalue weighted by molar-refractivity contribution is 7.90. The Morgan fingerprint density at radius 3 is 2.91 bits per heavy atom. The Bertz CT molecular complexity index is 805. The Balaban J connectivity index is 1.97. The fourth-order valence-electron chi connectivity index (χ4n) is 2.49. The number of nitrogens with zero attached hydrogens (tertiary/aromatic N) is 4. The summed E-state index contributed by atoms with van der Waals surface area (Å²) in [6.07, 6.45) is 5.15. The van der Waals surface area contributed by atoms with E-state index in [-0.39, 0.29) is 17.4 Å². The second-order valence-corrected chi connectivity index (χ2v) is 7.12. The predicted octanol–water partition coefficient (Wildman–Crippen LogP) is -0.183. The number of nitrogens with one attached hydrogen (secondary N) is 1. The zero-order chi connectivity index (χ0) is 16.4. The van der Waals surface area contributed by atoms with E-state index >= 15 is 0 Å². The van der Waals surface area contributed by atoms with Gasteiger partial charge in [0.1, 0.15) is 4.90 Å². The largest absolute Gasteiger partial charge is 0.377 e. The molecule has 0 aromatic carbocycles. The number of ether oxygens (including phenoxy) is 1. The van der Waals surface area contributed by atoms with E-state index in [0.29, 0.717) is 24.4 Å². The summed E-state index contributed by atoms with van der Waals surface area (Å²) in [6, 6.07) is 1.00. The van der Waals surface area contributed by atoms with Gasteiger partial charge in [-0.1, -0.05) is 0 Å². The van der Waals surface area contributed by atoms with E-state index in [1.807, 2.05) is 0 Å². The zero-order valence-electron chi connectivity index (χ0n) is 12.3. The van der Waals surface area contributed by atoms with Gasteiger partial charge in [-0.2, -0.15) is 15.3 Å². The van der Waals surface area contributed by atoms with Crippen LogP contribution in [0.5, 0.6) is 0 Å². The van der Waals surface area contributed by atoms with Gasteiger partial charge in [-0.3, -0.25) is 9.89 Å². The number of carbonyl (C=O) groups is 1. The van der Waals surface area contributed by atoms with Gasteiger partial charge in [-0.25, -0.2) is 8.42 Å². The van der Waals surface area contributed by atoms with Crippen molar-refractivity contribution >= 4 is 15.7 Å². The van der Waals surface area contributed by atoms with Crippen LogP contribution in [0, 0.1) is 0 Å². The first kappa shape index (κ1) is 15.6. The molecule has 2 aromatic heterocycles. The van der Waals surface area contributed by atoms with Gasteiger partial charge in [-0.05, 0) is 6.07 Å². The second-order valence-electron chi connectivity index (χ2n) is 5.14. The lowest BCUT2D eigenvalue weighted by Crippen LogP contribution is -2.44. The standard InChI is InChI=1S/C13H15N5O4S/c1-23(20,21)11-7-16-17-12(11)10-8-22-5-4-18(10)13(19)9-2-3-14-15-6-9/h2-3,6-7,10H,4-5,8H2,1H3,(H,16,17). The molecule has 1 amide bonds. The van der Waals surface area contributed by atoms with Gasteiger partial charge in [-0.15, -0.1) is 0 Å². The number of hydrogen-bond acceptors (Lipinski definition) is 7. The lowest BCUT2D eigenvalue weighted by molar-refractivity contribution is -0.00471. The van der Waals surface area contributed by atoms with E-state index in [1.165, 1.54) is 18.6 Å². The van der Waals surface area contributed by atoms with E-state index < -0.39 is 15.9 Å². The Morgan fingerprint density at radius 1 is 1.39 bits per heavy atom. The number of H-pyrrole nitrogens is 1. The highest BCUT2D eigenvalue weighted by Gasteiger charge is 2.34.